The second kappa shape index (κ2) is 8.00. The third-order valence-corrected chi connectivity index (χ3v) is 5.15. The van der Waals surface area contributed by atoms with Crippen molar-refractivity contribution < 1.29 is 4.92 Å². The van der Waals surface area contributed by atoms with E-state index in [1.165, 1.54) is 12.1 Å². The molecule has 1 aliphatic heterocycles. The van der Waals surface area contributed by atoms with Crippen molar-refractivity contribution in [1.82, 2.24) is 14.9 Å². The number of aryl methyl sites for hydroxylation is 1. The number of non-ortho nitro benzene ring substituents is 1. The fourth-order valence-electron chi connectivity index (χ4n) is 3.48. The number of aromatic nitrogens is 2. The first-order valence-electron chi connectivity index (χ1n) is 9.47. The van der Waals surface area contributed by atoms with Crippen LogP contribution >= 0.6 is 0 Å². The summed E-state index contributed by atoms with van der Waals surface area (Å²) in [6, 6.07) is 8.93. The Morgan fingerprint density at radius 1 is 1.22 bits per heavy atom. The van der Waals surface area contributed by atoms with E-state index in [4.69, 9.17) is 4.98 Å². The molecule has 0 spiro atoms. The van der Waals surface area contributed by atoms with Gasteiger partial charge in [-0.2, -0.15) is 0 Å². The zero-order chi connectivity index (χ0) is 19.6. The summed E-state index contributed by atoms with van der Waals surface area (Å²) in [6.45, 7) is 9.51. The van der Waals surface area contributed by atoms with Crippen LogP contribution in [0.5, 0.6) is 0 Å². The molecule has 1 unspecified atom stereocenters. The van der Waals surface area contributed by atoms with Crippen molar-refractivity contribution in [2.75, 3.05) is 31.6 Å². The number of nitrogens with zero attached hydrogens (tertiary/aromatic N) is 5. The van der Waals surface area contributed by atoms with E-state index < -0.39 is 4.92 Å². The number of hydrogen-bond acceptors (Lipinski definition) is 6. The van der Waals surface area contributed by atoms with Gasteiger partial charge in [0.15, 0.2) is 5.82 Å². The summed E-state index contributed by atoms with van der Waals surface area (Å²) in [7, 11) is 2.16. The molecule has 1 aliphatic rings. The Balaban J connectivity index is 1.99. The van der Waals surface area contributed by atoms with E-state index in [1.54, 1.807) is 12.1 Å². The second-order valence-corrected chi connectivity index (χ2v) is 7.47. The first-order valence-corrected chi connectivity index (χ1v) is 9.47. The van der Waals surface area contributed by atoms with Gasteiger partial charge in [0.25, 0.3) is 5.69 Å². The maximum atomic E-state index is 10.9. The van der Waals surface area contributed by atoms with Crippen molar-refractivity contribution >= 4 is 11.5 Å². The lowest BCUT2D eigenvalue weighted by Gasteiger charge is -2.43. The summed E-state index contributed by atoms with van der Waals surface area (Å²) < 4.78 is 0. The molecule has 0 N–H and O–H groups in total. The van der Waals surface area contributed by atoms with Crippen LogP contribution in [0.4, 0.5) is 11.5 Å². The fraction of sp³-hybridized carbons (Fsp3) is 0.500. The standard InChI is InChI=1S/C20H27N5O2/c1-5-16-12-19(24-11-10-23(4)13-18(24)14(2)3)22-20(21-16)15-6-8-17(9-7-15)25(26)27/h6-9,12,14,18H,5,10-11,13H2,1-4H3. The minimum absolute atomic E-state index is 0.0737. The minimum Gasteiger partial charge on any atom is -0.351 e. The molecule has 7 heteroatoms. The maximum Gasteiger partial charge on any atom is 0.269 e. The molecule has 27 heavy (non-hydrogen) atoms. The van der Waals surface area contributed by atoms with Crippen LogP contribution < -0.4 is 4.90 Å². The predicted octanol–water partition coefficient (Wildman–Crippen LogP) is 3.39. The van der Waals surface area contributed by atoms with Crippen LogP contribution in [-0.4, -0.2) is 52.5 Å². The van der Waals surface area contributed by atoms with E-state index in [0.717, 1.165) is 43.1 Å². The van der Waals surface area contributed by atoms with Gasteiger partial charge in [0.1, 0.15) is 5.82 Å². The van der Waals surface area contributed by atoms with Crippen molar-refractivity contribution in [3.63, 3.8) is 0 Å². The topological polar surface area (TPSA) is 75.4 Å². The van der Waals surface area contributed by atoms with Crippen LogP contribution in [-0.2, 0) is 6.42 Å². The van der Waals surface area contributed by atoms with Crippen LogP contribution in [0.3, 0.4) is 0 Å². The largest absolute Gasteiger partial charge is 0.351 e. The molecule has 7 nitrogen and oxygen atoms in total. The highest BCUT2D eigenvalue weighted by atomic mass is 16.6. The quantitative estimate of drug-likeness (QED) is 0.594. The van der Waals surface area contributed by atoms with Crippen LogP contribution in [0.15, 0.2) is 30.3 Å². The molecule has 2 aromatic rings. The van der Waals surface area contributed by atoms with Crippen molar-refractivity contribution in [1.29, 1.82) is 0 Å². The van der Waals surface area contributed by atoms with Gasteiger partial charge in [0.05, 0.1) is 4.92 Å². The minimum atomic E-state index is -0.393. The Hall–Kier alpha value is -2.54. The van der Waals surface area contributed by atoms with Gasteiger partial charge in [-0.25, -0.2) is 9.97 Å². The normalized spacial score (nSPS) is 18.1. The number of rotatable bonds is 5. The molecular weight excluding hydrogens is 342 g/mol. The Morgan fingerprint density at radius 2 is 1.93 bits per heavy atom. The number of likely N-dealkylation sites (N-methyl/N-ethyl adjacent to an activating group) is 1. The number of nitro benzene ring substituents is 1. The molecule has 0 amide bonds. The molecular formula is C20H27N5O2. The lowest BCUT2D eigenvalue weighted by Crippen LogP contribution is -2.54. The third kappa shape index (κ3) is 4.24. The second-order valence-electron chi connectivity index (χ2n) is 7.47. The highest BCUT2D eigenvalue weighted by Crippen LogP contribution is 2.27. The lowest BCUT2D eigenvalue weighted by molar-refractivity contribution is -0.384. The number of hydrogen-bond donors (Lipinski definition) is 0. The molecule has 0 aliphatic carbocycles. The Morgan fingerprint density at radius 3 is 2.52 bits per heavy atom. The van der Waals surface area contributed by atoms with Crippen LogP contribution in [0.2, 0.25) is 0 Å². The molecule has 2 heterocycles. The monoisotopic (exact) mass is 369 g/mol. The SMILES string of the molecule is CCc1cc(N2CCN(C)CC2C(C)C)nc(-c2ccc([N+](=O)[O-])cc2)n1. The van der Waals surface area contributed by atoms with Gasteiger partial charge in [-0.05, 0) is 31.5 Å². The van der Waals surface area contributed by atoms with Gasteiger partial charge in [-0.15, -0.1) is 0 Å². The molecule has 1 aromatic carbocycles. The first-order chi connectivity index (χ1) is 12.9. The average molecular weight is 369 g/mol. The smallest absolute Gasteiger partial charge is 0.269 e. The summed E-state index contributed by atoms with van der Waals surface area (Å²) in [5.74, 6) is 2.08. The zero-order valence-electron chi connectivity index (χ0n) is 16.4. The van der Waals surface area contributed by atoms with E-state index in [9.17, 15) is 10.1 Å². The Bertz CT molecular complexity index is 807. The van der Waals surface area contributed by atoms with E-state index in [-0.39, 0.29) is 5.69 Å². The van der Waals surface area contributed by atoms with Crippen molar-refractivity contribution in [2.45, 2.75) is 33.2 Å². The molecule has 1 saturated heterocycles. The fourth-order valence-corrected chi connectivity index (χ4v) is 3.48. The average Bonchev–Trinajstić information content (AvgIpc) is 2.67. The van der Waals surface area contributed by atoms with Gasteiger partial charge >= 0.3 is 0 Å². The molecule has 0 radical (unpaired) electrons. The van der Waals surface area contributed by atoms with E-state index in [1.807, 2.05) is 0 Å². The van der Waals surface area contributed by atoms with Gasteiger partial charge in [-0.1, -0.05) is 20.8 Å². The molecule has 1 fully saturated rings. The summed E-state index contributed by atoms with van der Waals surface area (Å²) >= 11 is 0. The number of nitro groups is 1. The van der Waals surface area contributed by atoms with Gasteiger partial charge < -0.3 is 9.80 Å². The third-order valence-electron chi connectivity index (χ3n) is 5.15. The van der Waals surface area contributed by atoms with E-state index >= 15 is 0 Å². The number of piperazine rings is 1. The molecule has 1 aromatic heterocycles. The first kappa shape index (κ1) is 19.2. The summed E-state index contributed by atoms with van der Waals surface area (Å²) in [6.07, 6.45) is 0.815. The summed E-state index contributed by atoms with van der Waals surface area (Å²) in [5.41, 5.74) is 1.85. The lowest BCUT2D eigenvalue weighted by atomic mass is 9.99. The molecule has 3 rings (SSSR count). The van der Waals surface area contributed by atoms with Crippen LogP contribution in [0, 0.1) is 16.0 Å². The Kier molecular flexibility index (Phi) is 5.70. The summed E-state index contributed by atoms with van der Waals surface area (Å²) in [5, 5.41) is 10.9. The van der Waals surface area contributed by atoms with Crippen LogP contribution in [0.1, 0.15) is 26.5 Å². The summed E-state index contributed by atoms with van der Waals surface area (Å²) in [4.78, 5) is 24.7. The maximum absolute atomic E-state index is 10.9. The molecule has 144 valence electrons. The van der Waals surface area contributed by atoms with Gasteiger partial charge in [0.2, 0.25) is 0 Å². The van der Waals surface area contributed by atoms with E-state index in [0.29, 0.717) is 17.8 Å². The zero-order valence-corrected chi connectivity index (χ0v) is 16.4. The highest BCUT2D eigenvalue weighted by molar-refractivity contribution is 5.60. The van der Waals surface area contributed by atoms with E-state index in [2.05, 4.69) is 48.7 Å². The van der Waals surface area contributed by atoms with Crippen LogP contribution in [0.25, 0.3) is 11.4 Å². The molecule has 0 saturated carbocycles. The van der Waals surface area contributed by atoms with Crippen molar-refractivity contribution in [3.05, 3.63) is 46.1 Å². The van der Waals surface area contributed by atoms with Crippen molar-refractivity contribution in [3.8, 4) is 11.4 Å². The molecule has 1 atom stereocenters. The molecule has 0 bridgehead atoms. The van der Waals surface area contributed by atoms with Crippen molar-refractivity contribution in [2.24, 2.45) is 5.92 Å². The Labute approximate surface area is 160 Å². The predicted molar refractivity (Wildman–Crippen MR) is 107 cm³/mol. The number of benzene rings is 1. The van der Waals surface area contributed by atoms with Gasteiger partial charge in [-0.3, -0.25) is 10.1 Å². The van der Waals surface area contributed by atoms with Gasteiger partial charge in [0, 0.05) is 55.1 Å². The number of anilines is 1. The highest BCUT2D eigenvalue weighted by Gasteiger charge is 2.29.